The number of benzene rings is 1. The van der Waals surface area contributed by atoms with Gasteiger partial charge < -0.3 is 0 Å². The molecule has 3 nitrogen and oxygen atoms in total. The number of hydrogen-bond acceptors (Lipinski definition) is 2. The van der Waals surface area contributed by atoms with Crippen LogP contribution in [0.1, 0.15) is 0 Å². The van der Waals surface area contributed by atoms with Crippen LogP contribution in [0.15, 0.2) is 35.1 Å². The molecule has 0 amide bonds. The van der Waals surface area contributed by atoms with Gasteiger partial charge in [-0.2, -0.15) is 0 Å². The SMILES string of the molecule is Cn1c(-c2ccccc2F)cc(=S)[nH]c1=O. The van der Waals surface area contributed by atoms with Crippen LogP contribution >= 0.6 is 12.2 Å². The number of nitrogens with one attached hydrogen (secondary N) is 1. The summed E-state index contributed by atoms with van der Waals surface area (Å²) in [5, 5.41) is 0. The Morgan fingerprint density at radius 3 is 2.75 bits per heavy atom. The Balaban J connectivity index is 2.80. The molecule has 0 spiro atoms. The Labute approximate surface area is 96.2 Å². The first-order valence-corrected chi connectivity index (χ1v) is 5.05. The largest absolute Gasteiger partial charge is 0.326 e. The zero-order valence-electron chi connectivity index (χ0n) is 8.53. The molecule has 1 heterocycles. The van der Waals surface area contributed by atoms with Crippen molar-refractivity contribution in [3.63, 3.8) is 0 Å². The average Bonchev–Trinajstić information content (AvgIpc) is 2.24. The molecule has 0 saturated heterocycles. The van der Waals surface area contributed by atoms with Crippen LogP contribution in [0.25, 0.3) is 11.3 Å². The summed E-state index contributed by atoms with van der Waals surface area (Å²) in [5.74, 6) is -0.377. The van der Waals surface area contributed by atoms with Gasteiger partial charge in [-0.3, -0.25) is 9.55 Å². The lowest BCUT2D eigenvalue weighted by Gasteiger charge is -2.08. The quantitative estimate of drug-likeness (QED) is 0.771. The fourth-order valence-corrected chi connectivity index (χ4v) is 1.68. The first-order chi connectivity index (χ1) is 7.59. The minimum absolute atomic E-state index is 0.293. The monoisotopic (exact) mass is 236 g/mol. The zero-order valence-corrected chi connectivity index (χ0v) is 9.34. The third kappa shape index (κ3) is 1.81. The van der Waals surface area contributed by atoms with E-state index in [1.165, 1.54) is 10.6 Å². The molecular weight excluding hydrogens is 227 g/mol. The lowest BCUT2D eigenvalue weighted by Crippen LogP contribution is -2.21. The molecule has 0 aliphatic carbocycles. The van der Waals surface area contributed by atoms with Gasteiger partial charge in [-0.25, -0.2) is 9.18 Å². The maximum atomic E-state index is 13.6. The lowest BCUT2D eigenvalue weighted by molar-refractivity contribution is 0.628. The second kappa shape index (κ2) is 4.02. The summed E-state index contributed by atoms with van der Waals surface area (Å²) in [7, 11) is 1.56. The molecule has 0 radical (unpaired) electrons. The van der Waals surface area contributed by atoms with Gasteiger partial charge in [0.05, 0.1) is 5.69 Å². The van der Waals surface area contributed by atoms with E-state index in [4.69, 9.17) is 12.2 Å². The van der Waals surface area contributed by atoms with Gasteiger partial charge in [0.1, 0.15) is 10.5 Å². The molecule has 2 aromatic rings. The first kappa shape index (κ1) is 10.8. The van der Waals surface area contributed by atoms with Crippen LogP contribution in [0.5, 0.6) is 0 Å². The van der Waals surface area contributed by atoms with Gasteiger partial charge in [-0.05, 0) is 18.2 Å². The first-order valence-electron chi connectivity index (χ1n) is 4.65. The van der Waals surface area contributed by atoms with Crippen molar-refractivity contribution in [3.8, 4) is 11.3 Å². The van der Waals surface area contributed by atoms with Gasteiger partial charge in [0.15, 0.2) is 0 Å². The van der Waals surface area contributed by atoms with Crippen LogP contribution < -0.4 is 5.69 Å². The molecule has 0 unspecified atom stereocenters. The molecule has 16 heavy (non-hydrogen) atoms. The van der Waals surface area contributed by atoms with E-state index < -0.39 is 0 Å². The van der Waals surface area contributed by atoms with Crippen molar-refractivity contribution in [1.82, 2.24) is 9.55 Å². The maximum Gasteiger partial charge on any atom is 0.326 e. The molecule has 2 rings (SSSR count). The van der Waals surface area contributed by atoms with E-state index in [0.29, 0.717) is 15.9 Å². The summed E-state index contributed by atoms with van der Waals surface area (Å²) in [4.78, 5) is 13.9. The van der Waals surface area contributed by atoms with Gasteiger partial charge in [0.2, 0.25) is 0 Å². The third-order valence-corrected chi connectivity index (χ3v) is 2.53. The van der Waals surface area contributed by atoms with E-state index in [1.54, 1.807) is 31.3 Å². The molecule has 0 aliphatic rings. The minimum atomic E-state index is -0.377. The van der Waals surface area contributed by atoms with E-state index in [9.17, 15) is 9.18 Å². The number of aromatic amines is 1. The third-order valence-electron chi connectivity index (χ3n) is 2.31. The molecule has 0 saturated carbocycles. The van der Waals surface area contributed by atoms with Gasteiger partial charge in [0, 0.05) is 12.6 Å². The number of halogens is 1. The molecule has 0 atom stereocenters. The Morgan fingerprint density at radius 1 is 1.38 bits per heavy atom. The molecule has 0 aliphatic heterocycles. The van der Waals surface area contributed by atoms with E-state index in [0.717, 1.165) is 0 Å². The van der Waals surface area contributed by atoms with Crippen molar-refractivity contribution in [2.45, 2.75) is 0 Å². The Kier molecular flexibility index (Phi) is 2.70. The second-order valence-corrected chi connectivity index (χ2v) is 3.80. The molecule has 1 aromatic carbocycles. The predicted octanol–water partition coefficient (Wildman–Crippen LogP) is 2.25. The average molecular weight is 236 g/mol. The van der Waals surface area contributed by atoms with Gasteiger partial charge in [-0.15, -0.1) is 0 Å². The summed E-state index contributed by atoms with van der Waals surface area (Å²) in [6, 6.07) is 7.83. The smallest absolute Gasteiger partial charge is 0.298 e. The highest BCUT2D eigenvalue weighted by molar-refractivity contribution is 7.71. The second-order valence-electron chi connectivity index (χ2n) is 3.36. The van der Waals surface area contributed by atoms with Gasteiger partial charge in [0.25, 0.3) is 0 Å². The molecule has 0 fully saturated rings. The highest BCUT2D eigenvalue weighted by atomic mass is 32.1. The van der Waals surface area contributed by atoms with E-state index in [2.05, 4.69) is 4.98 Å². The van der Waals surface area contributed by atoms with Crippen LogP contribution in [0.3, 0.4) is 0 Å². The molecule has 1 N–H and O–H groups in total. The van der Waals surface area contributed by atoms with Crippen molar-refractivity contribution in [3.05, 3.63) is 51.3 Å². The van der Waals surface area contributed by atoms with Crippen molar-refractivity contribution >= 4 is 12.2 Å². The van der Waals surface area contributed by atoms with Crippen LogP contribution in [-0.4, -0.2) is 9.55 Å². The lowest BCUT2D eigenvalue weighted by atomic mass is 10.1. The minimum Gasteiger partial charge on any atom is -0.298 e. The molecule has 5 heteroatoms. The van der Waals surface area contributed by atoms with Crippen molar-refractivity contribution in [1.29, 1.82) is 0 Å². The van der Waals surface area contributed by atoms with Crippen LogP contribution in [-0.2, 0) is 7.05 Å². The summed E-state index contributed by atoms with van der Waals surface area (Å²) in [6.07, 6.45) is 0. The Bertz CT molecular complexity index is 645. The van der Waals surface area contributed by atoms with Crippen LogP contribution in [0.4, 0.5) is 4.39 Å². The van der Waals surface area contributed by atoms with Crippen molar-refractivity contribution < 1.29 is 4.39 Å². The zero-order chi connectivity index (χ0) is 11.7. The van der Waals surface area contributed by atoms with E-state index in [1.807, 2.05) is 0 Å². The number of rotatable bonds is 1. The predicted molar refractivity (Wildman–Crippen MR) is 62.3 cm³/mol. The van der Waals surface area contributed by atoms with Gasteiger partial charge >= 0.3 is 5.69 Å². The maximum absolute atomic E-state index is 13.6. The summed E-state index contributed by atoms with van der Waals surface area (Å²) >= 11 is 4.90. The number of aromatic nitrogens is 2. The van der Waals surface area contributed by atoms with Crippen molar-refractivity contribution in [2.75, 3.05) is 0 Å². The fraction of sp³-hybridized carbons (Fsp3) is 0.0909. The van der Waals surface area contributed by atoms with E-state index in [-0.39, 0.29) is 11.5 Å². The molecule has 1 aromatic heterocycles. The highest BCUT2D eigenvalue weighted by Crippen LogP contribution is 2.20. The topological polar surface area (TPSA) is 37.8 Å². The number of nitrogens with zero attached hydrogens (tertiary/aromatic N) is 1. The summed E-state index contributed by atoms with van der Waals surface area (Å²) < 4.78 is 15.2. The molecule has 0 bridgehead atoms. The van der Waals surface area contributed by atoms with Crippen LogP contribution in [0.2, 0.25) is 0 Å². The van der Waals surface area contributed by atoms with E-state index >= 15 is 0 Å². The normalized spacial score (nSPS) is 10.4. The van der Waals surface area contributed by atoms with Gasteiger partial charge in [-0.1, -0.05) is 24.4 Å². The van der Waals surface area contributed by atoms with Crippen molar-refractivity contribution in [2.24, 2.45) is 7.05 Å². The standard InChI is InChI=1S/C11H9FN2OS/c1-14-9(6-10(16)13-11(14)15)7-4-2-3-5-8(7)12/h2-6H,1H3,(H,13,15,16). The molecular formula is C11H9FN2OS. The summed E-state index contributed by atoms with van der Waals surface area (Å²) in [6.45, 7) is 0. The number of hydrogen-bond donors (Lipinski definition) is 1. The fourth-order valence-electron chi connectivity index (χ4n) is 1.48. The Morgan fingerprint density at radius 2 is 2.06 bits per heavy atom. The number of H-pyrrole nitrogens is 1. The highest BCUT2D eigenvalue weighted by Gasteiger charge is 2.08. The summed E-state index contributed by atoms with van der Waals surface area (Å²) in [5.41, 5.74) is 0.472. The Hall–Kier alpha value is -1.75. The molecule has 82 valence electrons. The van der Waals surface area contributed by atoms with Crippen LogP contribution in [0, 0.1) is 10.5 Å².